The molecule has 7 nitrogen and oxygen atoms in total. The number of carbonyl (C=O) groups is 2. The lowest BCUT2D eigenvalue weighted by molar-refractivity contribution is -0.149. The van der Waals surface area contributed by atoms with Gasteiger partial charge in [-0.25, -0.2) is 4.68 Å². The van der Waals surface area contributed by atoms with Gasteiger partial charge in [0.25, 0.3) is 11.5 Å². The molecule has 0 radical (unpaired) electrons. The third kappa shape index (κ3) is 3.26. The molecule has 132 valence electrons. The predicted molar refractivity (Wildman–Crippen MR) is 92.2 cm³/mol. The van der Waals surface area contributed by atoms with Crippen LogP contribution in [0.5, 0.6) is 0 Å². The first-order valence-electron chi connectivity index (χ1n) is 8.45. The van der Waals surface area contributed by atoms with E-state index in [0.29, 0.717) is 36.9 Å². The summed E-state index contributed by atoms with van der Waals surface area (Å²) in [6.45, 7) is 2.98. The first-order chi connectivity index (χ1) is 12.0. The molecule has 2 heterocycles. The second-order valence-corrected chi connectivity index (χ2v) is 6.17. The Morgan fingerprint density at radius 2 is 2.00 bits per heavy atom. The average molecular weight is 343 g/mol. The van der Waals surface area contributed by atoms with E-state index in [2.05, 4.69) is 5.10 Å². The van der Waals surface area contributed by atoms with E-state index in [1.165, 1.54) is 11.7 Å². The Balaban J connectivity index is 1.93. The summed E-state index contributed by atoms with van der Waals surface area (Å²) in [6, 6.07) is 6.95. The minimum atomic E-state index is -0.309. The van der Waals surface area contributed by atoms with Gasteiger partial charge in [0.15, 0.2) is 5.69 Å². The summed E-state index contributed by atoms with van der Waals surface area (Å²) in [4.78, 5) is 38.8. The fraction of sp³-hybridized carbons (Fsp3) is 0.444. The fourth-order valence-electron chi connectivity index (χ4n) is 3.22. The zero-order valence-corrected chi connectivity index (χ0v) is 14.4. The number of benzene rings is 1. The number of aryl methyl sites for hydroxylation is 1. The Kier molecular flexibility index (Phi) is 4.83. The highest BCUT2D eigenvalue weighted by atomic mass is 16.5. The summed E-state index contributed by atoms with van der Waals surface area (Å²) in [5, 5.41) is 5.18. The summed E-state index contributed by atoms with van der Waals surface area (Å²) in [5.41, 5.74) is -0.00240. The van der Waals surface area contributed by atoms with E-state index < -0.39 is 0 Å². The minimum absolute atomic E-state index is 0.238. The van der Waals surface area contributed by atoms with Crippen molar-refractivity contribution in [3.63, 3.8) is 0 Å². The van der Waals surface area contributed by atoms with Crippen LogP contribution in [-0.2, 0) is 16.6 Å². The molecule has 25 heavy (non-hydrogen) atoms. The van der Waals surface area contributed by atoms with Gasteiger partial charge in [-0.05, 0) is 25.8 Å². The number of likely N-dealkylation sites (tertiary alicyclic amines) is 1. The Morgan fingerprint density at radius 3 is 2.72 bits per heavy atom. The lowest BCUT2D eigenvalue weighted by Gasteiger charge is -2.31. The van der Waals surface area contributed by atoms with Crippen molar-refractivity contribution >= 4 is 22.6 Å². The van der Waals surface area contributed by atoms with Crippen LogP contribution in [0.15, 0.2) is 29.1 Å². The SMILES string of the molecule is CCOC(=O)[C@H]1CCCN(C(=O)c2nn(C)c(=O)c3ccccc23)C1. The molecule has 1 aliphatic heterocycles. The van der Waals surface area contributed by atoms with Crippen LogP contribution in [0.1, 0.15) is 30.3 Å². The summed E-state index contributed by atoms with van der Waals surface area (Å²) in [5.74, 6) is -0.837. The Hall–Kier alpha value is -2.70. The number of aromatic nitrogens is 2. The van der Waals surface area contributed by atoms with E-state index >= 15 is 0 Å². The number of nitrogens with zero attached hydrogens (tertiary/aromatic N) is 3. The van der Waals surface area contributed by atoms with Gasteiger partial charge in [0.1, 0.15) is 0 Å². The number of hydrogen-bond donors (Lipinski definition) is 0. The van der Waals surface area contributed by atoms with Crippen LogP contribution >= 0.6 is 0 Å². The van der Waals surface area contributed by atoms with Gasteiger partial charge in [-0.2, -0.15) is 5.10 Å². The lowest BCUT2D eigenvalue weighted by atomic mass is 9.97. The van der Waals surface area contributed by atoms with E-state index in [1.807, 2.05) is 0 Å². The average Bonchev–Trinajstić information content (AvgIpc) is 2.64. The first kappa shape index (κ1) is 17.1. The molecule has 0 N–H and O–H groups in total. The fourth-order valence-corrected chi connectivity index (χ4v) is 3.22. The zero-order chi connectivity index (χ0) is 18.0. The predicted octanol–water partition coefficient (Wildman–Crippen LogP) is 1.35. The van der Waals surface area contributed by atoms with Crippen molar-refractivity contribution in [2.24, 2.45) is 13.0 Å². The smallest absolute Gasteiger partial charge is 0.310 e. The van der Waals surface area contributed by atoms with Crippen molar-refractivity contribution in [1.29, 1.82) is 0 Å². The largest absolute Gasteiger partial charge is 0.466 e. The maximum atomic E-state index is 13.0. The van der Waals surface area contributed by atoms with Crippen molar-refractivity contribution in [3.05, 3.63) is 40.3 Å². The summed E-state index contributed by atoms with van der Waals surface area (Å²) in [7, 11) is 1.53. The monoisotopic (exact) mass is 343 g/mol. The second-order valence-electron chi connectivity index (χ2n) is 6.17. The number of rotatable bonds is 3. The van der Waals surface area contributed by atoms with Crippen LogP contribution in [0.3, 0.4) is 0 Å². The molecule has 0 unspecified atom stereocenters. The number of amides is 1. The lowest BCUT2D eigenvalue weighted by Crippen LogP contribution is -2.43. The number of fused-ring (bicyclic) bond motifs is 1. The Labute approximate surface area is 145 Å². The van der Waals surface area contributed by atoms with Gasteiger partial charge in [-0.1, -0.05) is 18.2 Å². The minimum Gasteiger partial charge on any atom is -0.466 e. The number of piperidine rings is 1. The van der Waals surface area contributed by atoms with Gasteiger partial charge in [-0.15, -0.1) is 0 Å². The molecule has 1 saturated heterocycles. The second kappa shape index (κ2) is 7.04. The van der Waals surface area contributed by atoms with Gasteiger partial charge < -0.3 is 9.64 Å². The molecule has 1 atom stereocenters. The quantitative estimate of drug-likeness (QED) is 0.786. The van der Waals surface area contributed by atoms with Gasteiger partial charge in [0, 0.05) is 25.5 Å². The summed E-state index contributed by atoms with van der Waals surface area (Å²) in [6.07, 6.45) is 1.45. The number of ether oxygens (including phenoxy) is 1. The highest BCUT2D eigenvalue weighted by molar-refractivity contribution is 6.04. The van der Waals surface area contributed by atoms with Crippen LogP contribution in [0, 0.1) is 5.92 Å². The maximum Gasteiger partial charge on any atom is 0.310 e. The van der Waals surface area contributed by atoms with E-state index in [4.69, 9.17) is 4.74 Å². The van der Waals surface area contributed by atoms with Crippen molar-refractivity contribution in [3.8, 4) is 0 Å². The molecule has 1 fully saturated rings. The van der Waals surface area contributed by atoms with E-state index in [0.717, 1.165) is 6.42 Å². The van der Waals surface area contributed by atoms with Gasteiger partial charge in [-0.3, -0.25) is 14.4 Å². The molecule has 1 aromatic carbocycles. The molecule has 1 aliphatic rings. The van der Waals surface area contributed by atoms with E-state index in [9.17, 15) is 14.4 Å². The molecule has 2 aromatic rings. The Bertz CT molecular complexity index is 874. The molecule has 0 spiro atoms. The van der Waals surface area contributed by atoms with Gasteiger partial charge in [0.05, 0.1) is 17.9 Å². The van der Waals surface area contributed by atoms with Crippen molar-refractivity contribution in [2.75, 3.05) is 19.7 Å². The number of hydrogen-bond acceptors (Lipinski definition) is 5. The standard InChI is InChI=1S/C18H21N3O4/c1-3-25-18(24)12-7-6-10-21(11-12)17(23)15-13-8-4-5-9-14(13)16(22)20(2)19-15/h4-5,8-9,12H,3,6-7,10-11H2,1-2H3/t12-/m0/s1. The third-order valence-electron chi connectivity index (χ3n) is 4.49. The topological polar surface area (TPSA) is 81.5 Å². The molecule has 0 bridgehead atoms. The van der Waals surface area contributed by atoms with Crippen LogP contribution in [-0.4, -0.2) is 46.3 Å². The number of carbonyl (C=O) groups excluding carboxylic acids is 2. The van der Waals surface area contributed by atoms with Gasteiger partial charge >= 0.3 is 5.97 Å². The third-order valence-corrected chi connectivity index (χ3v) is 4.49. The van der Waals surface area contributed by atoms with Crippen LogP contribution in [0.25, 0.3) is 10.8 Å². The van der Waals surface area contributed by atoms with Crippen LogP contribution in [0.2, 0.25) is 0 Å². The highest BCUT2D eigenvalue weighted by Gasteiger charge is 2.31. The van der Waals surface area contributed by atoms with E-state index in [-0.39, 0.29) is 29.0 Å². The van der Waals surface area contributed by atoms with Crippen molar-refractivity contribution < 1.29 is 14.3 Å². The Morgan fingerprint density at radius 1 is 1.28 bits per heavy atom. The first-order valence-corrected chi connectivity index (χ1v) is 8.45. The molecular formula is C18H21N3O4. The molecule has 1 aromatic heterocycles. The molecule has 0 saturated carbocycles. The summed E-state index contributed by atoms with van der Waals surface area (Å²) < 4.78 is 6.27. The zero-order valence-electron chi connectivity index (χ0n) is 14.4. The van der Waals surface area contributed by atoms with Crippen molar-refractivity contribution in [1.82, 2.24) is 14.7 Å². The molecule has 7 heteroatoms. The molecular weight excluding hydrogens is 322 g/mol. The maximum absolute atomic E-state index is 13.0. The highest BCUT2D eigenvalue weighted by Crippen LogP contribution is 2.21. The van der Waals surface area contributed by atoms with Crippen LogP contribution < -0.4 is 5.56 Å². The van der Waals surface area contributed by atoms with Crippen LogP contribution in [0.4, 0.5) is 0 Å². The van der Waals surface area contributed by atoms with Gasteiger partial charge in [0.2, 0.25) is 0 Å². The summed E-state index contributed by atoms with van der Waals surface area (Å²) >= 11 is 0. The normalized spacial score (nSPS) is 17.5. The van der Waals surface area contributed by atoms with E-state index in [1.54, 1.807) is 36.1 Å². The number of esters is 1. The molecule has 0 aliphatic carbocycles. The molecule has 3 rings (SSSR count). The molecule has 1 amide bonds. The van der Waals surface area contributed by atoms with Crippen molar-refractivity contribution in [2.45, 2.75) is 19.8 Å².